The lowest BCUT2D eigenvalue weighted by Crippen LogP contribution is -2.29. The smallest absolute Gasteiger partial charge is 0.248 e. The van der Waals surface area contributed by atoms with Gasteiger partial charge in [0.25, 0.3) is 0 Å². The second kappa shape index (κ2) is 9.24. The minimum absolute atomic E-state index is 0.0176. The van der Waals surface area contributed by atoms with E-state index < -0.39 is 0 Å². The van der Waals surface area contributed by atoms with Crippen molar-refractivity contribution in [3.63, 3.8) is 0 Å². The molecule has 0 spiro atoms. The van der Waals surface area contributed by atoms with Gasteiger partial charge in [0.05, 0.1) is 30.6 Å². The molecule has 2 aromatic carbocycles. The Morgan fingerprint density at radius 2 is 1.89 bits per heavy atom. The van der Waals surface area contributed by atoms with Crippen LogP contribution in [0.15, 0.2) is 72.0 Å². The van der Waals surface area contributed by atoms with Crippen molar-refractivity contribution in [1.29, 1.82) is 0 Å². The molecular weight excluding hydrogens is 473 g/mol. The Morgan fingerprint density at radius 1 is 1.11 bits per heavy atom. The van der Waals surface area contributed by atoms with Gasteiger partial charge in [-0.15, -0.1) is 0 Å². The highest BCUT2D eigenvalue weighted by Gasteiger charge is 2.41. The van der Waals surface area contributed by atoms with Crippen molar-refractivity contribution in [2.45, 2.75) is 25.3 Å². The number of rotatable bonds is 6. The van der Waals surface area contributed by atoms with Crippen molar-refractivity contribution >= 4 is 34.6 Å². The molecule has 4 aromatic rings. The highest BCUT2D eigenvalue weighted by atomic mass is 19.1. The van der Waals surface area contributed by atoms with E-state index in [4.69, 9.17) is 4.74 Å². The maximum absolute atomic E-state index is 13.4. The summed E-state index contributed by atoms with van der Waals surface area (Å²) in [6.45, 7) is 0. The molecule has 2 fully saturated rings. The second-order valence-electron chi connectivity index (χ2n) is 9.37. The van der Waals surface area contributed by atoms with Crippen molar-refractivity contribution in [3.8, 4) is 11.6 Å². The van der Waals surface area contributed by atoms with Crippen LogP contribution in [0.5, 0.6) is 5.88 Å². The fourth-order valence-electron chi connectivity index (χ4n) is 4.88. The fraction of sp³-hybridized carbons (Fsp3) is 0.250. The lowest BCUT2D eigenvalue weighted by Gasteiger charge is -2.28. The monoisotopic (exact) mass is 497 g/mol. The summed E-state index contributed by atoms with van der Waals surface area (Å²) in [5, 5.41) is 5.31. The number of carbonyl (C=O) groups is 2. The van der Waals surface area contributed by atoms with Crippen LogP contribution in [0, 0.1) is 17.7 Å². The molecule has 1 aliphatic carbocycles. The Kier molecular flexibility index (Phi) is 5.75. The van der Waals surface area contributed by atoms with E-state index in [0.717, 1.165) is 35.0 Å². The zero-order valence-corrected chi connectivity index (χ0v) is 20.1. The Balaban J connectivity index is 1.39. The van der Waals surface area contributed by atoms with Crippen LogP contribution in [0.1, 0.15) is 30.9 Å². The number of halogens is 1. The van der Waals surface area contributed by atoms with Crippen LogP contribution in [-0.4, -0.2) is 39.9 Å². The Bertz CT molecular complexity index is 1530. The van der Waals surface area contributed by atoms with Gasteiger partial charge >= 0.3 is 0 Å². The topological polar surface area (TPSA) is 89.7 Å². The minimum atomic E-state index is -0.384. The van der Waals surface area contributed by atoms with E-state index in [0.29, 0.717) is 11.6 Å². The summed E-state index contributed by atoms with van der Waals surface area (Å²) in [4.78, 5) is 35.8. The number of carbonyl (C=O) groups excluding carboxylic acids is 2. The molecule has 1 saturated heterocycles. The van der Waals surface area contributed by atoms with Gasteiger partial charge in [0.2, 0.25) is 17.7 Å². The average Bonchev–Trinajstić information content (AvgIpc) is 3.61. The van der Waals surface area contributed by atoms with Crippen molar-refractivity contribution < 1.29 is 18.7 Å². The van der Waals surface area contributed by atoms with Crippen LogP contribution in [-0.2, 0) is 9.59 Å². The number of ether oxygens (including phenoxy) is 1. The summed E-state index contributed by atoms with van der Waals surface area (Å²) in [5.74, 6) is -0.333. The number of fused-ring (bicyclic) bond motifs is 1. The van der Waals surface area contributed by atoms with Crippen LogP contribution >= 0.6 is 0 Å². The zero-order valence-electron chi connectivity index (χ0n) is 20.1. The van der Waals surface area contributed by atoms with Gasteiger partial charge in [-0.05, 0) is 66.9 Å². The number of aliphatic imine (C=N–C) groups is 1. The summed E-state index contributed by atoms with van der Waals surface area (Å²) in [6.07, 6.45) is 6.99. The van der Waals surface area contributed by atoms with E-state index in [2.05, 4.69) is 15.1 Å². The first-order valence-electron chi connectivity index (χ1n) is 12.2. The molecule has 3 heterocycles. The highest BCUT2D eigenvalue weighted by molar-refractivity contribution is 6.02. The second-order valence-corrected chi connectivity index (χ2v) is 9.37. The number of anilines is 1. The third kappa shape index (κ3) is 4.37. The van der Waals surface area contributed by atoms with Crippen molar-refractivity contribution in [1.82, 2.24) is 14.8 Å². The van der Waals surface area contributed by atoms with E-state index in [9.17, 15) is 14.0 Å². The van der Waals surface area contributed by atoms with Crippen LogP contribution in [0.25, 0.3) is 16.6 Å². The van der Waals surface area contributed by atoms with Gasteiger partial charge in [-0.3, -0.25) is 9.59 Å². The summed E-state index contributed by atoms with van der Waals surface area (Å²) < 4.78 is 20.5. The van der Waals surface area contributed by atoms with E-state index >= 15 is 0 Å². The van der Waals surface area contributed by atoms with Crippen LogP contribution < -0.4 is 9.64 Å². The summed E-state index contributed by atoms with van der Waals surface area (Å²) in [7, 11) is 1.55. The molecule has 6 rings (SSSR count). The van der Waals surface area contributed by atoms with Gasteiger partial charge in [0.1, 0.15) is 5.82 Å². The maximum atomic E-state index is 13.4. The van der Waals surface area contributed by atoms with Crippen molar-refractivity contribution in [3.05, 3.63) is 78.4 Å². The molecule has 0 radical (unpaired) electrons. The van der Waals surface area contributed by atoms with E-state index in [1.165, 1.54) is 12.1 Å². The Morgan fingerprint density at radius 3 is 2.65 bits per heavy atom. The quantitative estimate of drug-likeness (QED) is 0.361. The Labute approximate surface area is 212 Å². The molecule has 37 heavy (non-hydrogen) atoms. The molecule has 0 bridgehead atoms. The number of amides is 2. The predicted octanol–water partition coefficient (Wildman–Crippen LogP) is 4.67. The highest BCUT2D eigenvalue weighted by Crippen LogP contribution is 2.42. The van der Waals surface area contributed by atoms with Gasteiger partial charge < -0.3 is 9.64 Å². The molecular formula is C28H24FN5O3. The van der Waals surface area contributed by atoms with Gasteiger partial charge in [0.15, 0.2) is 0 Å². The molecule has 186 valence electrons. The molecule has 2 aliphatic rings. The number of aromatic nitrogens is 3. The standard InChI is InChI=1S/C28H24FN5O3/c1-37-25-13-18(10-11-30-25)27-20(15-31-28(36)17-2-3-17)14-26(35)33(27)23-8-9-24-19(12-23)16-32-34(24)22-6-4-21(29)5-7-22/h4-13,15-17,20,27H,2-3,14H2,1H3/t20?,27-/m1/s1. The average molecular weight is 498 g/mol. The third-order valence-corrected chi connectivity index (χ3v) is 6.89. The lowest BCUT2D eigenvalue weighted by atomic mass is 9.95. The molecule has 2 atom stereocenters. The molecule has 8 nitrogen and oxygen atoms in total. The first-order valence-corrected chi connectivity index (χ1v) is 12.2. The van der Waals surface area contributed by atoms with Gasteiger partial charge in [-0.25, -0.2) is 19.0 Å². The lowest BCUT2D eigenvalue weighted by molar-refractivity contribution is -0.119. The maximum Gasteiger partial charge on any atom is 0.248 e. The van der Waals surface area contributed by atoms with E-state index in [1.807, 2.05) is 30.3 Å². The number of methoxy groups -OCH3 is 1. The minimum Gasteiger partial charge on any atom is -0.481 e. The van der Waals surface area contributed by atoms with E-state index in [-0.39, 0.29) is 41.9 Å². The van der Waals surface area contributed by atoms with Crippen LogP contribution in [0.3, 0.4) is 0 Å². The fourth-order valence-corrected chi connectivity index (χ4v) is 4.88. The summed E-state index contributed by atoms with van der Waals surface area (Å²) in [6, 6.07) is 15.1. The van der Waals surface area contributed by atoms with Crippen LogP contribution in [0.4, 0.5) is 10.1 Å². The molecule has 1 saturated carbocycles. The zero-order chi connectivity index (χ0) is 25.5. The summed E-state index contributed by atoms with van der Waals surface area (Å²) in [5.41, 5.74) is 3.12. The first kappa shape index (κ1) is 23.0. The largest absolute Gasteiger partial charge is 0.481 e. The van der Waals surface area contributed by atoms with E-state index in [1.54, 1.807) is 47.4 Å². The van der Waals surface area contributed by atoms with Crippen LogP contribution in [0.2, 0.25) is 0 Å². The number of pyridine rings is 1. The molecule has 9 heteroatoms. The normalized spacial score (nSPS) is 19.7. The predicted molar refractivity (Wildman–Crippen MR) is 136 cm³/mol. The molecule has 1 unspecified atom stereocenters. The first-order chi connectivity index (χ1) is 18.0. The molecule has 2 amide bonds. The van der Waals surface area contributed by atoms with Gasteiger partial charge in [-0.2, -0.15) is 5.10 Å². The number of benzene rings is 2. The molecule has 0 N–H and O–H groups in total. The number of hydrogen-bond acceptors (Lipinski definition) is 5. The van der Waals surface area contributed by atoms with Gasteiger partial charge in [-0.1, -0.05) is 0 Å². The van der Waals surface area contributed by atoms with Gasteiger partial charge in [0, 0.05) is 47.8 Å². The molecule has 2 aromatic heterocycles. The SMILES string of the molecule is COc1cc([C@@H]2C(C=NC(=O)C3CC3)CC(=O)N2c2ccc3c(cnn3-c3ccc(F)cc3)c2)ccn1. The Hall–Kier alpha value is -4.40. The third-order valence-electron chi connectivity index (χ3n) is 6.89. The summed E-state index contributed by atoms with van der Waals surface area (Å²) >= 11 is 0. The molecule has 1 aliphatic heterocycles. The number of nitrogens with zero attached hydrogens (tertiary/aromatic N) is 5. The number of hydrogen-bond donors (Lipinski definition) is 0. The van der Waals surface area contributed by atoms with Crippen molar-refractivity contribution in [2.75, 3.05) is 12.0 Å². The van der Waals surface area contributed by atoms with Crippen molar-refractivity contribution in [2.24, 2.45) is 16.8 Å².